The Labute approximate surface area is 96.4 Å². The number of methoxy groups -OCH3 is 1. The van der Waals surface area contributed by atoms with Gasteiger partial charge in [0.15, 0.2) is 0 Å². The second-order valence-corrected chi connectivity index (χ2v) is 3.49. The maximum atomic E-state index is 13.2. The fourth-order valence-electron chi connectivity index (χ4n) is 1.36. The SMILES string of the molecule is COC(=O)[C@@H](N)Cc1ccc(C(F)F)c(F)c1. The standard InChI is InChI=1S/C11H12F3NO2/c1-17-11(16)9(15)5-6-2-3-7(10(13)14)8(12)4-6/h2-4,9-10H,5,15H2,1H3/t9-/m0/s1. The largest absolute Gasteiger partial charge is 0.468 e. The Kier molecular flexibility index (Phi) is 4.51. The second kappa shape index (κ2) is 5.67. The number of benzene rings is 1. The van der Waals surface area contributed by atoms with E-state index in [1.807, 2.05) is 0 Å². The molecule has 0 fully saturated rings. The van der Waals surface area contributed by atoms with Crippen LogP contribution in [0.15, 0.2) is 18.2 Å². The van der Waals surface area contributed by atoms with Gasteiger partial charge in [-0.2, -0.15) is 0 Å². The predicted octanol–water partition coefficient (Wildman–Crippen LogP) is 1.81. The fraction of sp³-hybridized carbons (Fsp3) is 0.364. The average Bonchev–Trinajstić information content (AvgIpc) is 2.27. The van der Waals surface area contributed by atoms with Crippen LogP contribution in [0.25, 0.3) is 0 Å². The molecule has 17 heavy (non-hydrogen) atoms. The average molecular weight is 247 g/mol. The zero-order valence-corrected chi connectivity index (χ0v) is 9.12. The Morgan fingerprint density at radius 3 is 2.59 bits per heavy atom. The van der Waals surface area contributed by atoms with Crippen LogP contribution in [0.4, 0.5) is 13.2 Å². The van der Waals surface area contributed by atoms with Gasteiger partial charge in [-0.25, -0.2) is 13.2 Å². The summed E-state index contributed by atoms with van der Waals surface area (Å²) in [6, 6.07) is 2.31. The van der Waals surface area contributed by atoms with Crippen molar-refractivity contribution in [2.75, 3.05) is 7.11 Å². The van der Waals surface area contributed by atoms with Crippen LogP contribution in [0.2, 0.25) is 0 Å². The van der Waals surface area contributed by atoms with E-state index in [1.165, 1.54) is 13.2 Å². The molecule has 1 rings (SSSR count). The molecule has 0 aliphatic rings. The van der Waals surface area contributed by atoms with Crippen molar-refractivity contribution in [2.24, 2.45) is 5.73 Å². The van der Waals surface area contributed by atoms with Crippen molar-refractivity contribution in [3.05, 3.63) is 35.1 Å². The van der Waals surface area contributed by atoms with Crippen molar-refractivity contribution in [3.8, 4) is 0 Å². The summed E-state index contributed by atoms with van der Waals surface area (Å²) in [7, 11) is 1.18. The van der Waals surface area contributed by atoms with Crippen molar-refractivity contribution in [3.63, 3.8) is 0 Å². The maximum Gasteiger partial charge on any atom is 0.322 e. The summed E-state index contributed by atoms with van der Waals surface area (Å²) in [5, 5.41) is 0. The van der Waals surface area contributed by atoms with Crippen molar-refractivity contribution in [2.45, 2.75) is 18.9 Å². The van der Waals surface area contributed by atoms with Gasteiger partial charge in [-0.3, -0.25) is 4.79 Å². The van der Waals surface area contributed by atoms with E-state index < -0.39 is 29.8 Å². The zero-order valence-electron chi connectivity index (χ0n) is 9.12. The van der Waals surface area contributed by atoms with Crippen LogP contribution < -0.4 is 5.73 Å². The Balaban J connectivity index is 2.81. The van der Waals surface area contributed by atoms with Crippen LogP contribution in [-0.2, 0) is 16.0 Å². The molecule has 0 aliphatic carbocycles. The molecule has 0 heterocycles. The molecule has 3 nitrogen and oxygen atoms in total. The molecular weight excluding hydrogens is 235 g/mol. The third-order valence-electron chi connectivity index (χ3n) is 2.26. The first-order valence-electron chi connectivity index (χ1n) is 4.85. The lowest BCUT2D eigenvalue weighted by atomic mass is 10.0. The summed E-state index contributed by atoms with van der Waals surface area (Å²) in [6.45, 7) is 0. The molecule has 0 aromatic heterocycles. The summed E-state index contributed by atoms with van der Waals surface area (Å²) in [5.41, 5.74) is 5.16. The molecule has 0 amide bonds. The highest BCUT2D eigenvalue weighted by Crippen LogP contribution is 2.22. The van der Waals surface area contributed by atoms with Gasteiger partial charge in [0.25, 0.3) is 6.43 Å². The van der Waals surface area contributed by atoms with Gasteiger partial charge >= 0.3 is 5.97 Å². The van der Waals surface area contributed by atoms with Crippen LogP contribution in [0.3, 0.4) is 0 Å². The van der Waals surface area contributed by atoms with Gasteiger partial charge in [0.2, 0.25) is 0 Å². The zero-order chi connectivity index (χ0) is 13.0. The quantitative estimate of drug-likeness (QED) is 0.825. The Morgan fingerprint density at radius 1 is 1.47 bits per heavy atom. The molecule has 1 aromatic rings. The van der Waals surface area contributed by atoms with E-state index in [4.69, 9.17) is 5.73 Å². The molecule has 0 aliphatic heterocycles. The minimum Gasteiger partial charge on any atom is -0.468 e. The third kappa shape index (κ3) is 3.45. The van der Waals surface area contributed by atoms with Crippen LogP contribution in [0.5, 0.6) is 0 Å². The Morgan fingerprint density at radius 2 is 2.12 bits per heavy atom. The van der Waals surface area contributed by atoms with E-state index in [9.17, 15) is 18.0 Å². The van der Waals surface area contributed by atoms with E-state index in [0.29, 0.717) is 5.56 Å². The van der Waals surface area contributed by atoms with Crippen LogP contribution in [0, 0.1) is 5.82 Å². The summed E-state index contributed by atoms with van der Waals surface area (Å²) < 4.78 is 42.1. The molecule has 0 saturated heterocycles. The van der Waals surface area contributed by atoms with Gasteiger partial charge in [0, 0.05) is 0 Å². The smallest absolute Gasteiger partial charge is 0.322 e. The highest BCUT2D eigenvalue weighted by Gasteiger charge is 2.17. The van der Waals surface area contributed by atoms with Gasteiger partial charge in [-0.15, -0.1) is 0 Å². The minimum atomic E-state index is -2.86. The van der Waals surface area contributed by atoms with E-state index in [0.717, 1.165) is 12.1 Å². The van der Waals surface area contributed by atoms with Crippen LogP contribution in [-0.4, -0.2) is 19.1 Å². The Hall–Kier alpha value is -1.56. The summed E-state index contributed by atoms with van der Waals surface area (Å²) in [6.07, 6.45) is -2.83. The van der Waals surface area contributed by atoms with Gasteiger partial charge < -0.3 is 10.5 Å². The Bertz CT molecular complexity index is 410. The number of ether oxygens (including phenoxy) is 1. The number of carbonyl (C=O) groups excluding carboxylic acids is 1. The van der Waals surface area contributed by atoms with Gasteiger partial charge in [-0.1, -0.05) is 12.1 Å². The van der Waals surface area contributed by atoms with Crippen molar-refractivity contribution < 1.29 is 22.7 Å². The van der Waals surface area contributed by atoms with E-state index >= 15 is 0 Å². The molecule has 1 atom stereocenters. The third-order valence-corrected chi connectivity index (χ3v) is 2.26. The van der Waals surface area contributed by atoms with Crippen LogP contribution in [0.1, 0.15) is 17.6 Å². The highest BCUT2D eigenvalue weighted by atomic mass is 19.3. The second-order valence-electron chi connectivity index (χ2n) is 3.49. The molecule has 0 saturated carbocycles. The first-order valence-corrected chi connectivity index (χ1v) is 4.85. The van der Waals surface area contributed by atoms with E-state index in [2.05, 4.69) is 4.74 Å². The summed E-state index contributed by atoms with van der Waals surface area (Å²) in [4.78, 5) is 11.0. The number of nitrogens with two attached hydrogens (primary N) is 1. The molecular formula is C11H12F3NO2. The lowest BCUT2D eigenvalue weighted by molar-refractivity contribution is -0.142. The first kappa shape index (κ1) is 13.5. The molecule has 2 N–H and O–H groups in total. The molecule has 94 valence electrons. The number of hydrogen-bond acceptors (Lipinski definition) is 3. The lowest BCUT2D eigenvalue weighted by Crippen LogP contribution is -2.33. The molecule has 0 radical (unpaired) electrons. The molecule has 0 bridgehead atoms. The normalized spacial score (nSPS) is 12.6. The number of carbonyl (C=O) groups is 1. The number of alkyl halides is 2. The topological polar surface area (TPSA) is 52.3 Å². The number of esters is 1. The molecule has 6 heteroatoms. The van der Waals surface area contributed by atoms with Gasteiger partial charge in [0.1, 0.15) is 11.9 Å². The number of halogens is 3. The molecule has 1 aromatic carbocycles. The fourth-order valence-corrected chi connectivity index (χ4v) is 1.36. The van der Waals surface area contributed by atoms with Crippen LogP contribution >= 0.6 is 0 Å². The number of rotatable bonds is 4. The number of hydrogen-bond donors (Lipinski definition) is 1. The predicted molar refractivity (Wildman–Crippen MR) is 55.1 cm³/mol. The summed E-state index contributed by atoms with van der Waals surface area (Å²) in [5.74, 6) is -1.64. The van der Waals surface area contributed by atoms with Gasteiger partial charge in [-0.05, 0) is 18.1 Å². The minimum absolute atomic E-state index is 0.0348. The first-order chi connectivity index (χ1) is 7.95. The monoisotopic (exact) mass is 247 g/mol. The van der Waals surface area contributed by atoms with E-state index in [-0.39, 0.29) is 6.42 Å². The lowest BCUT2D eigenvalue weighted by Gasteiger charge is -2.10. The maximum absolute atomic E-state index is 13.2. The van der Waals surface area contributed by atoms with Gasteiger partial charge in [0.05, 0.1) is 12.7 Å². The van der Waals surface area contributed by atoms with E-state index in [1.54, 1.807) is 0 Å². The molecule has 0 unspecified atom stereocenters. The van der Waals surface area contributed by atoms with Crippen molar-refractivity contribution >= 4 is 5.97 Å². The summed E-state index contributed by atoms with van der Waals surface area (Å²) >= 11 is 0. The van der Waals surface area contributed by atoms with Crippen molar-refractivity contribution in [1.29, 1.82) is 0 Å². The molecule has 0 spiro atoms. The van der Waals surface area contributed by atoms with Crippen molar-refractivity contribution in [1.82, 2.24) is 0 Å². The highest BCUT2D eigenvalue weighted by molar-refractivity contribution is 5.75.